The van der Waals surface area contributed by atoms with Crippen LogP contribution in [-0.4, -0.2) is 17.1 Å². The molecule has 106 valence electrons. The summed E-state index contributed by atoms with van der Waals surface area (Å²) in [6, 6.07) is -1.04. The van der Waals surface area contributed by atoms with Crippen molar-refractivity contribution in [3.05, 3.63) is 4.91 Å². The highest BCUT2D eigenvalue weighted by atomic mass is 16.4. The average Bonchev–Trinajstić information content (AvgIpc) is 2.35. The molecule has 1 unspecified atom stereocenters. The molecule has 1 N–H and O–H groups in total. The normalized spacial score (nSPS) is 12.3. The number of hydrogen-bond acceptors (Lipinski definition) is 3. The summed E-state index contributed by atoms with van der Waals surface area (Å²) in [5.41, 5.74) is 0. The first-order valence-corrected chi connectivity index (χ1v) is 7.27. The molecule has 0 aliphatic rings. The largest absolute Gasteiger partial charge is 0.480 e. The van der Waals surface area contributed by atoms with Crippen LogP contribution in [0.2, 0.25) is 0 Å². The lowest BCUT2D eigenvalue weighted by molar-refractivity contribution is -0.138. The minimum atomic E-state index is -1.10. The number of carbonyl (C=O) groups is 1. The quantitative estimate of drug-likeness (QED) is 0.389. The predicted molar refractivity (Wildman–Crippen MR) is 73.7 cm³/mol. The van der Waals surface area contributed by atoms with Crippen molar-refractivity contribution in [3.63, 3.8) is 0 Å². The highest BCUT2D eigenvalue weighted by Crippen LogP contribution is 2.12. The monoisotopic (exact) mass is 257 g/mol. The van der Waals surface area contributed by atoms with Crippen LogP contribution in [0.5, 0.6) is 0 Å². The molecular formula is C14H27NO3. The number of hydrogen-bond donors (Lipinski definition) is 1. The van der Waals surface area contributed by atoms with Gasteiger partial charge in [0, 0.05) is 0 Å². The van der Waals surface area contributed by atoms with Crippen LogP contribution in [0.1, 0.15) is 77.6 Å². The number of carboxylic acid groups (broad SMARTS) is 1. The van der Waals surface area contributed by atoms with Gasteiger partial charge in [0.15, 0.2) is 6.04 Å². The molecular weight excluding hydrogens is 230 g/mol. The van der Waals surface area contributed by atoms with Crippen LogP contribution in [-0.2, 0) is 4.79 Å². The Bertz CT molecular complexity index is 219. The fourth-order valence-electron chi connectivity index (χ4n) is 2.05. The van der Waals surface area contributed by atoms with Crippen molar-refractivity contribution in [3.8, 4) is 0 Å². The minimum absolute atomic E-state index is 0.384. The fourth-order valence-corrected chi connectivity index (χ4v) is 2.05. The maximum Gasteiger partial charge on any atom is 0.332 e. The van der Waals surface area contributed by atoms with E-state index >= 15 is 0 Å². The molecule has 0 fully saturated rings. The highest BCUT2D eigenvalue weighted by molar-refractivity contribution is 5.73. The molecule has 4 nitrogen and oxygen atoms in total. The Kier molecular flexibility index (Phi) is 11.9. The van der Waals surface area contributed by atoms with Gasteiger partial charge in [0.05, 0.1) is 0 Å². The molecule has 0 saturated heterocycles. The third-order valence-corrected chi connectivity index (χ3v) is 3.24. The number of unbranched alkanes of at least 4 members (excludes halogenated alkanes) is 9. The Hall–Kier alpha value is -0.930. The lowest BCUT2D eigenvalue weighted by Gasteiger charge is -2.04. The lowest BCUT2D eigenvalue weighted by atomic mass is 10.0. The Morgan fingerprint density at radius 1 is 0.944 bits per heavy atom. The van der Waals surface area contributed by atoms with Crippen molar-refractivity contribution >= 4 is 5.97 Å². The summed E-state index contributed by atoms with van der Waals surface area (Å²) < 4.78 is 0. The van der Waals surface area contributed by atoms with Gasteiger partial charge in [0.1, 0.15) is 0 Å². The van der Waals surface area contributed by atoms with Crippen LogP contribution in [0.3, 0.4) is 0 Å². The smallest absolute Gasteiger partial charge is 0.332 e. The van der Waals surface area contributed by atoms with E-state index in [0.29, 0.717) is 6.42 Å². The topological polar surface area (TPSA) is 66.7 Å². The zero-order valence-corrected chi connectivity index (χ0v) is 11.6. The molecule has 0 aliphatic carbocycles. The van der Waals surface area contributed by atoms with Crippen molar-refractivity contribution in [1.82, 2.24) is 0 Å². The third-order valence-electron chi connectivity index (χ3n) is 3.24. The van der Waals surface area contributed by atoms with Gasteiger partial charge in [-0.2, -0.15) is 0 Å². The first-order chi connectivity index (χ1) is 8.72. The van der Waals surface area contributed by atoms with Crippen molar-refractivity contribution in [2.75, 3.05) is 0 Å². The number of aliphatic carboxylic acids is 1. The van der Waals surface area contributed by atoms with Gasteiger partial charge in [0.2, 0.25) is 0 Å². The van der Waals surface area contributed by atoms with E-state index in [1.165, 1.54) is 44.9 Å². The van der Waals surface area contributed by atoms with Gasteiger partial charge in [-0.25, -0.2) is 4.79 Å². The van der Waals surface area contributed by atoms with Crippen LogP contribution < -0.4 is 0 Å². The first kappa shape index (κ1) is 17.1. The molecule has 0 aliphatic heterocycles. The molecule has 4 heteroatoms. The van der Waals surface area contributed by atoms with Crippen LogP contribution in [0.4, 0.5) is 0 Å². The molecule has 0 amide bonds. The first-order valence-electron chi connectivity index (χ1n) is 7.27. The summed E-state index contributed by atoms with van der Waals surface area (Å²) in [5, 5.41) is 11.2. The second-order valence-electron chi connectivity index (χ2n) is 4.93. The molecule has 0 aromatic carbocycles. The molecule has 0 aromatic heterocycles. The summed E-state index contributed by atoms with van der Waals surface area (Å²) in [7, 11) is 0. The minimum Gasteiger partial charge on any atom is -0.480 e. The van der Waals surface area contributed by atoms with Crippen molar-refractivity contribution in [2.24, 2.45) is 5.18 Å². The van der Waals surface area contributed by atoms with E-state index in [2.05, 4.69) is 12.1 Å². The third kappa shape index (κ3) is 10.2. The van der Waals surface area contributed by atoms with E-state index in [-0.39, 0.29) is 0 Å². The molecule has 1 atom stereocenters. The summed E-state index contributed by atoms with van der Waals surface area (Å²) in [6.07, 6.45) is 12.4. The zero-order chi connectivity index (χ0) is 13.6. The average molecular weight is 257 g/mol. The van der Waals surface area contributed by atoms with E-state index in [1.54, 1.807) is 0 Å². The van der Waals surface area contributed by atoms with E-state index in [4.69, 9.17) is 5.11 Å². The molecule has 0 saturated carbocycles. The number of nitroso groups, excluding NO2 is 1. The molecule has 0 radical (unpaired) electrons. The van der Waals surface area contributed by atoms with Crippen molar-refractivity contribution in [2.45, 2.75) is 83.6 Å². The van der Waals surface area contributed by atoms with Gasteiger partial charge in [-0.05, 0) is 6.42 Å². The predicted octanol–water partition coefficient (Wildman–Crippen LogP) is 4.52. The Morgan fingerprint density at radius 3 is 1.78 bits per heavy atom. The summed E-state index contributed by atoms with van der Waals surface area (Å²) in [4.78, 5) is 20.7. The molecule has 18 heavy (non-hydrogen) atoms. The second kappa shape index (κ2) is 12.5. The Morgan fingerprint density at radius 2 is 1.39 bits per heavy atom. The Balaban J connectivity index is 3.20. The lowest BCUT2D eigenvalue weighted by Crippen LogP contribution is -2.16. The van der Waals surface area contributed by atoms with Crippen LogP contribution in [0.25, 0.3) is 0 Å². The zero-order valence-electron chi connectivity index (χ0n) is 11.6. The maximum atomic E-state index is 10.5. The van der Waals surface area contributed by atoms with E-state index in [1.807, 2.05) is 0 Å². The van der Waals surface area contributed by atoms with E-state index in [0.717, 1.165) is 19.3 Å². The molecule has 0 aromatic rings. The van der Waals surface area contributed by atoms with E-state index in [9.17, 15) is 9.70 Å². The molecule has 0 heterocycles. The SMILES string of the molecule is CCCCCCCCCCCCC(N=O)C(=O)O. The van der Waals surface area contributed by atoms with Crippen LogP contribution >= 0.6 is 0 Å². The van der Waals surface area contributed by atoms with Crippen molar-refractivity contribution < 1.29 is 9.90 Å². The van der Waals surface area contributed by atoms with E-state index < -0.39 is 12.0 Å². The summed E-state index contributed by atoms with van der Waals surface area (Å²) >= 11 is 0. The van der Waals surface area contributed by atoms with Crippen molar-refractivity contribution in [1.29, 1.82) is 0 Å². The van der Waals surface area contributed by atoms with Crippen LogP contribution in [0.15, 0.2) is 5.18 Å². The molecule has 0 bridgehead atoms. The summed E-state index contributed by atoms with van der Waals surface area (Å²) in [6.45, 7) is 2.22. The fraction of sp³-hybridized carbons (Fsp3) is 0.929. The standard InChI is InChI=1S/C14H27NO3/c1-2-3-4-5-6-7-8-9-10-11-12-13(15-18)14(16)17/h13H,2-12H2,1H3,(H,16,17). The van der Waals surface area contributed by atoms with Gasteiger partial charge in [-0.15, -0.1) is 4.91 Å². The molecule has 0 spiro atoms. The number of rotatable bonds is 13. The maximum absolute atomic E-state index is 10.5. The summed E-state index contributed by atoms with van der Waals surface area (Å²) in [5.74, 6) is -1.10. The van der Waals surface area contributed by atoms with Gasteiger partial charge >= 0.3 is 5.97 Å². The Labute approximate surface area is 110 Å². The van der Waals surface area contributed by atoms with Gasteiger partial charge in [-0.3, -0.25) is 0 Å². The number of nitrogens with zero attached hydrogens (tertiary/aromatic N) is 1. The molecule has 0 rings (SSSR count). The second-order valence-corrected chi connectivity index (χ2v) is 4.93. The highest BCUT2D eigenvalue weighted by Gasteiger charge is 2.16. The van der Waals surface area contributed by atoms with Gasteiger partial charge in [-0.1, -0.05) is 76.3 Å². The van der Waals surface area contributed by atoms with Gasteiger partial charge in [0.25, 0.3) is 0 Å². The number of carboxylic acids is 1. The van der Waals surface area contributed by atoms with Gasteiger partial charge < -0.3 is 5.11 Å². The van der Waals surface area contributed by atoms with Crippen LogP contribution in [0, 0.1) is 4.91 Å².